The van der Waals surface area contributed by atoms with Gasteiger partial charge in [0.2, 0.25) is 0 Å². The lowest BCUT2D eigenvalue weighted by Crippen LogP contribution is -2.12. The van der Waals surface area contributed by atoms with Crippen molar-refractivity contribution in [3.05, 3.63) is 12.2 Å². The number of likely N-dealkylation sites (N-methyl/N-ethyl adjacent to an activating group) is 1. The molecule has 66 valence electrons. The summed E-state index contributed by atoms with van der Waals surface area (Å²) in [7, 11) is 8.35. The fourth-order valence-corrected chi connectivity index (χ4v) is 0.736. The molecule has 0 aliphatic carbocycles. The molecule has 0 atom stereocenters. The standard InChI is InChI=1S/C9H20N2/c1-10(2)8-6-5-7-9-11(3)4/h5-6H,7-9H2,1-4H3. The molecular weight excluding hydrogens is 136 g/mol. The van der Waals surface area contributed by atoms with E-state index in [9.17, 15) is 0 Å². The Morgan fingerprint density at radius 2 is 1.55 bits per heavy atom. The topological polar surface area (TPSA) is 6.48 Å². The van der Waals surface area contributed by atoms with E-state index in [1.807, 2.05) is 0 Å². The van der Waals surface area contributed by atoms with E-state index in [-0.39, 0.29) is 0 Å². The smallest absolute Gasteiger partial charge is 0.0157 e. The molecule has 0 saturated heterocycles. The van der Waals surface area contributed by atoms with Gasteiger partial charge in [0.25, 0.3) is 0 Å². The molecular formula is C9H20N2. The van der Waals surface area contributed by atoms with Crippen LogP contribution in [0.2, 0.25) is 0 Å². The van der Waals surface area contributed by atoms with Crippen LogP contribution in [0.15, 0.2) is 12.2 Å². The van der Waals surface area contributed by atoms with Crippen LogP contribution in [-0.4, -0.2) is 51.1 Å². The van der Waals surface area contributed by atoms with Crippen molar-refractivity contribution in [1.82, 2.24) is 9.80 Å². The molecule has 0 bridgehead atoms. The summed E-state index contributed by atoms with van der Waals surface area (Å²) in [5.41, 5.74) is 0. The summed E-state index contributed by atoms with van der Waals surface area (Å²) in [6.45, 7) is 2.19. The zero-order chi connectivity index (χ0) is 8.69. The van der Waals surface area contributed by atoms with Crippen LogP contribution >= 0.6 is 0 Å². The molecule has 0 fully saturated rings. The fraction of sp³-hybridized carbons (Fsp3) is 0.778. The number of hydrogen-bond acceptors (Lipinski definition) is 2. The summed E-state index contributed by atoms with van der Waals surface area (Å²) in [5.74, 6) is 0. The van der Waals surface area contributed by atoms with Crippen molar-refractivity contribution >= 4 is 0 Å². The highest BCUT2D eigenvalue weighted by Crippen LogP contribution is 1.86. The Balaban J connectivity index is 3.17. The maximum Gasteiger partial charge on any atom is 0.0157 e. The third kappa shape index (κ3) is 9.66. The summed E-state index contributed by atoms with van der Waals surface area (Å²) in [6.07, 6.45) is 5.60. The van der Waals surface area contributed by atoms with E-state index >= 15 is 0 Å². The minimum absolute atomic E-state index is 1.05. The van der Waals surface area contributed by atoms with E-state index in [1.54, 1.807) is 0 Å². The van der Waals surface area contributed by atoms with Crippen LogP contribution in [0.4, 0.5) is 0 Å². The molecule has 0 aromatic rings. The van der Waals surface area contributed by atoms with Gasteiger partial charge in [0, 0.05) is 13.1 Å². The average Bonchev–Trinajstić information content (AvgIpc) is 1.85. The summed E-state index contributed by atoms with van der Waals surface area (Å²) < 4.78 is 0. The van der Waals surface area contributed by atoms with Gasteiger partial charge >= 0.3 is 0 Å². The van der Waals surface area contributed by atoms with Crippen molar-refractivity contribution in [2.24, 2.45) is 0 Å². The molecule has 0 radical (unpaired) electrons. The van der Waals surface area contributed by atoms with Crippen molar-refractivity contribution in [1.29, 1.82) is 0 Å². The quantitative estimate of drug-likeness (QED) is 0.549. The van der Waals surface area contributed by atoms with Crippen molar-refractivity contribution < 1.29 is 0 Å². The zero-order valence-corrected chi connectivity index (χ0v) is 8.17. The second-order valence-corrected chi connectivity index (χ2v) is 3.33. The van der Waals surface area contributed by atoms with E-state index in [2.05, 4.69) is 50.1 Å². The maximum absolute atomic E-state index is 2.24. The lowest BCUT2D eigenvalue weighted by atomic mass is 10.3. The highest BCUT2D eigenvalue weighted by Gasteiger charge is 1.85. The summed E-state index contributed by atoms with van der Waals surface area (Å²) in [5, 5.41) is 0. The number of nitrogens with zero attached hydrogens (tertiary/aromatic N) is 2. The summed E-state index contributed by atoms with van der Waals surface area (Å²) >= 11 is 0. The number of rotatable bonds is 5. The highest BCUT2D eigenvalue weighted by molar-refractivity contribution is 4.83. The van der Waals surface area contributed by atoms with Crippen LogP contribution in [0.1, 0.15) is 6.42 Å². The van der Waals surface area contributed by atoms with Crippen molar-refractivity contribution in [2.75, 3.05) is 41.3 Å². The van der Waals surface area contributed by atoms with Crippen LogP contribution in [0.5, 0.6) is 0 Å². The third-order valence-corrected chi connectivity index (χ3v) is 1.38. The lowest BCUT2D eigenvalue weighted by Gasteiger charge is -2.06. The molecule has 0 heterocycles. The first kappa shape index (κ1) is 10.7. The Labute approximate surface area is 70.5 Å². The van der Waals surface area contributed by atoms with E-state index in [4.69, 9.17) is 0 Å². The van der Waals surface area contributed by atoms with Gasteiger partial charge in [0.05, 0.1) is 0 Å². The van der Waals surface area contributed by atoms with Crippen LogP contribution in [0.3, 0.4) is 0 Å². The van der Waals surface area contributed by atoms with Crippen LogP contribution in [0.25, 0.3) is 0 Å². The predicted molar refractivity (Wildman–Crippen MR) is 50.9 cm³/mol. The molecule has 0 aliphatic rings. The molecule has 2 nitrogen and oxygen atoms in total. The normalized spacial score (nSPS) is 12.2. The lowest BCUT2D eigenvalue weighted by molar-refractivity contribution is 0.416. The predicted octanol–water partition coefficient (Wildman–Crippen LogP) is 1.06. The first-order valence-electron chi connectivity index (χ1n) is 4.07. The van der Waals surface area contributed by atoms with Gasteiger partial charge in [-0.1, -0.05) is 12.2 Å². The zero-order valence-electron chi connectivity index (χ0n) is 8.17. The van der Waals surface area contributed by atoms with Crippen molar-refractivity contribution in [3.8, 4) is 0 Å². The van der Waals surface area contributed by atoms with Crippen LogP contribution in [-0.2, 0) is 0 Å². The van der Waals surface area contributed by atoms with Gasteiger partial charge in [-0.25, -0.2) is 0 Å². The molecule has 0 aromatic heterocycles. The van der Waals surface area contributed by atoms with E-state index in [0.717, 1.165) is 19.5 Å². The van der Waals surface area contributed by atoms with Gasteiger partial charge in [0.15, 0.2) is 0 Å². The molecule has 0 rings (SSSR count). The average molecular weight is 156 g/mol. The molecule has 0 saturated carbocycles. The molecule has 11 heavy (non-hydrogen) atoms. The molecule has 0 aliphatic heterocycles. The Kier molecular flexibility index (Phi) is 6.18. The van der Waals surface area contributed by atoms with Crippen LogP contribution < -0.4 is 0 Å². The first-order chi connectivity index (χ1) is 5.13. The van der Waals surface area contributed by atoms with Crippen molar-refractivity contribution in [2.45, 2.75) is 6.42 Å². The van der Waals surface area contributed by atoms with Gasteiger partial charge < -0.3 is 9.80 Å². The minimum atomic E-state index is 1.05. The van der Waals surface area contributed by atoms with Gasteiger partial charge in [0.1, 0.15) is 0 Å². The van der Waals surface area contributed by atoms with Gasteiger partial charge in [-0.2, -0.15) is 0 Å². The second-order valence-electron chi connectivity index (χ2n) is 3.33. The molecule has 0 spiro atoms. The summed E-state index contributed by atoms with van der Waals surface area (Å²) in [6, 6.07) is 0. The Hall–Kier alpha value is -0.340. The largest absolute Gasteiger partial charge is 0.309 e. The maximum atomic E-state index is 2.24. The van der Waals surface area contributed by atoms with E-state index in [0.29, 0.717) is 0 Å². The SMILES string of the molecule is CN(C)CC=CCCN(C)C. The van der Waals surface area contributed by atoms with Gasteiger partial charge in [-0.05, 0) is 34.6 Å². The second kappa shape index (κ2) is 6.38. The molecule has 0 N–H and O–H groups in total. The Morgan fingerprint density at radius 3 is 2.00 bits per heavy atom. The van der Waals surface area contributed by atoms with Crippen LogP contribution in [0, 0.1) is 0 Å². The molecule has 0 amide bonds. The van der Waals surface area contributed by atoms with Gasteiger partial charge in [-0.15, -0.1) is 0 Å². The number of hydrogen-bond donors (Lipinski definition) is 0. The first-order valence-corrected chi connectivity index (χ1v) is 4.07. The summed E-state index contributed by atoms with van der Waals surface area (Å²) in [4.78, 5) is 4.35. The van der Waals surface area contributed by atoms with E-state index in [1.165, 1.54) is 0 Å². The fourth-order valence-electron chi connectivity index (χ4n) is 0.736. The Morgan fingerprint density at radius 1 is 0.909 bits per heavy atom. The van der Waals surface area contributed by atoms with Crippen molar-refractivity contribution in [3.63, 3.8) is 0 Å². The monoisotopic (exact) mass is 156 g/mol. The molecule has 0 unspecified atom stereocenters. The highest BCUT2D eigenvalue weighted by atomic mass is 15.0. The van der Waals surface area contributed by atoms with Gasteiger partial charge in [-0.3, -0.25) is 0 Å². The minimum Gasteiger partial charge on any atom is -0.309 e. The van der Waals surface area contributed by atoms with E-state index < -0.39 is 0 Å². The molecule has 0 aromatic carbocycles. The third-order valence-electron chi connectivity index (χ3n) is 1.38. The Bertz CT molecular complexity index is 106. The molecule has 2 heteroatoms.